The highest BCUT2D eigenvalue weighted by atomic mass is 16.5. The maximum Gasteiger partial charge on any atom is 0.343 e. The molecule has 0 heterocycles. The minimum absolute atomic E-state index is 0.232. The van der Waals surface area contributed by atoms with Gasteiger partial charge in [0.25, 0.3) is 0 Å². The topological polar surface area (TPSA) is 55.8 Å². The highest BCUT2D eigenvalue weighted by molar-refractivity contribution is 5.91. The summed E-state index contributed by atoms with van der Waals surface area (Å²) in [4.78, 5) is 12.5. The zero-order chi connectivity index (χ0) is 27.5. The summed E-state index contributed by atoms with van der Waals surface area (Å²) in [6.45, 7) is 2.98. The van der Waals surface area contributed by atoms with Crippen molar-refractivity contribution in [2.75, 3.05) is 6.61 Å². The Labute approximate surface area is 235 Å². The van der Waals surface area contributed by atoms with E-state index in [2.05, 4.69) is 6.92 Å². The van der Waals surface area contributed by atoms with Gasteiger partial charge in [0, 0.05) is 0 Å². The molecule has 0 aliphatic carbocycles. The van der Waals surface area contributed by atoms with Crippen LogP contribution in [0.15, 0.2) is 72.8 Å². The number of phenolic OH excluding ortho intramolecular Hbond substituents is 1. The molecule has 1 N–H and O–H groups in total. The monoisotopic (exact) mass is 530 g/mol. The van der Waals surface area contributed by atoms with E-state index in [4.69, 9.17) is 9.47 Å². The molecule has 4 heteroatoms. The van der Waals surface area contributed by atoms with Crippen LogP contribution in [0.1, 0.15) is 107 Å². The summed E-state index contributed by atoms with van der Waals surface area (Å²) in [6.07, 6.45) is 18.8. The van der Waals surface area contributed by atoms with E-state index in [0.29, 0.717) is 17.9 Å². The Bertz CT molecular complexity index is 1060. The molecule has 0 fully saturated rings. The number of carbonyl (C=O) groups is 1. The number of benzene rings is 3. The smallest absolute Gasteiger partial charge is 0.343 e. The average Bonchev–Trinajstić information content (AvgIpc) is 2.96. The van der Waals surface area contributed by atoms with Crippen LogP contribution in [0.2, 0.25) is 0 Å². The van der Waals surface area contributed by atoms with Gasteiger partial charge in [-0.3, -0.25) is 0 Å². The van der Waals surface area contributed by atoms with E-state index in [1.165, 1.54) is 83.5 Å². The van der Waals surface area contributed by atoms with E-state index >= 15 is 0 Å². The van der Waals surface area contributed by atoms with Crippen LogP contribution in [0.4, 0.5) is 0 Å². The van der Waals surface area contributed by atoms with Crippen LogP contribution in [-0.4, -0.2) is 17.7 Å². The first kappa shape index (κ1) is 30.3. The van der Waals surface area contributed by atoms with Crippen LogP contribution in [0.5, 0.6) is 17.2 Å². The van der Waals surface area contributed by atoms with E-state index in [1.54, 1.807) is 36.4 Å². The van der Waals surface area contributed by atoms with Gasteiger partial charge in [0.1, 0.15) is 17.2 Å². The maximum absolute atomic E-state index is 12.5. The Morgan fingerprint density at radius 2 is 1.00 bits per heavy atom. The molecule has 0 saturated heterocycles. The van der Waals surface area contributed by atoms with Crippen molar-refractivity contribution in [2.24, 2.45) is 0 Å². The van der Waals surface area contributed by atoms with Gasteiger partial charge in [-0.15, -0.1) is 0 Å². The molecular weight excluding hydrogens is 484 g/mol. The Morgan fingerprint density at radius 3 is 1.51 bits per heavy atom. The normalized spacial score (nSPS) is 10.9. The van der Waals surface area contributed by atoms with Crippen molar-refractivity contribution in [2.45, 2.75) is 96.8 Å². The predicted octanol–water partition coefficient (Wildman–Crippen LogP) is 10.1. The fraction of sp³-hybridized carbons (Fsp3) is 0.457. The minimum Gasteiger partial charge on any atom is -0.508 e. The van der Waals surface area contributed by atoms with E-state index in [-0.39, 0.29) is 5.75 Å². The summed E-state index contributed by atoms with van der Waals surface area (Å²) in [5.74, 6) is 1.10. The third kappa shape index (κ3) is 12.0. The molecular formula is C35H46O4. The Hall–Kier alpha value is -3.27. The molecule has 0 saturated carbocycles. The number of hydrogen-bond acceptors (Lipinski definition) is 4. The largest absolute Gasteiger partial charge is 0.508 e. The lowest BCUT2D eigenvalue weighted by Crippen LogP contribution is -2.08. The predicted molar refractivity (Wildman–Crippen MR) is 161 cm³/mol. The number of ether oxygens (including phenoxy) is 2. The van der Waals surface area contributed by atoms with Crippen molar-refractivity contribution < 1.29 is 19.4 Å². The summed E-state index contributed by atoms with van der Waals surface area (Å²) >= 11 is 0. The van der Waals surface area contributed by atoms with E-state index < -0.39 is 5.97 Å². The van der Waals surface area contributed by atoms with E-state index in [0.717, 1.165) is 23.3 Å². The van der Waals surface area contributed by atoms with Gasteiger partial charge < -0.3 is 14.6 Å². The molecule has 0 aliphatic rings. The molecule has 0 spiro atoms. The molecule has 3 rings (SSSR count). The number of rotatable bonds is 19. The van der Waals surface area contributed by atoms with Gasteiger partial charge in [-0.25, -0.2) is 4.79 Å². The maximum atomic E-state index is 12.5. The van der Waals surface area contributed by atoms with Crippen LogP contribution in [0.25, 0.3) is 11.1 Å². The molecule has 0 atom stereocenters. The Morgan fingerprint density at radius 1 is 0.564 bits per heavy atom. The number of aromatic hydroxyl groups is 1. The molecule has 3 aromatic carbocycles. The molecule has 0 aromatic heterocycles. The number of esters is 1. The van der Waals surface area contributed by atoms with Gasteiger partial charge in [0.05, 0.1) is 12.2 Å². The van der Waals surface area contributed by atoms with Crippen molar-refractivity contribution in [3.8, 4) is 28.4 Å². The fourth-order valence-electron chi connectivity index (χ4n) is 4.71. The molecule has 0 aliphatic heterocycles. The van der Waals surface area contributed by atoms with Crippen molar-refractivity contribution in [1.29, 1.82) is 0 Å². The number of hydrogen-bond donors (Lipinski definition) is 1. The first-order valence-electron chi connectivity index (χ1n) is 15.0. The summed E-state index contributed by atoms with van der Waals surface area (Å²) < 4.78 is 11.4. The van der Waals surface area contributed by atoms with Crippen molar-refractivity contribution >= 4 is 5.97 Å². The molecule has 0 bridgehead atoms. The number of unbranched alkanes of at least 4 members (excludes halogenated alkanes) is 13. The average molecular weight is 531 g/mol. The van der Waals surface area contributed by atoms with Gasteiger partial charge in [-0.1, -0.05) is 115 Å². The second kappa shape index (κ2) is 18.1. The van der Waals surface area contributed by atoms with Crippen molar-refractivity contribution in [3.63, 3.8) is 0 Å². The van der Waals surface area contributed by atoms with Crippen LogP contribution >= 0.6 is 0 Å². The Kier molecular flexibility index (Phi) is 14.0. The van der Waals surface area contributed by atoms with Crippen LogP contribution in [-0.2, 0) is 0 Å². The standard InChI is InChI=1S/C35H46O4/c1-2-3-4-5-6-7-8-9-10-11-12-13-14-15-28-38-33-24-20-31(21-25-33)35(37)39-34-26-18-30(19-27-34)29-16-22-32(36)23-17-29/h16-27,36H,2-15,28H2,1H3. The van der Waals surface area contributed by atoms with E-state index in [1.807, 2.05) is 36.4 Å². The third-order valence-corrected chi connectivity index (χ3v) is 7.12. The Balaban J connectivity index is 1.23. The van der Waals surface area contributed by atoms with Gasteiger partial charge >= 0.3 is 5.97 Å². The van der Waals surface area contributed by atoms with Crippen LogP contribution in [0, 0.1) is 0 Å². The van der Waals surface area contributed by atoms with Gasteiger partial charge in [-0.05, 0) is 66.1 Å². The van der Waals surface area contributed by atoms with Gasteiger partial charge in [0.2, 0.25) is 0 Å². The van der Waals surface area contributed by atoms with Crippen molar-refractivity contribution in [3.05, 3.63) is 78.4 Å². The number of carbonyl (C=O) groups excluding carboxylic acids is 1. The summed E-state index contributed by atoms with van der Waals surface area (Å²) in [7, 11) is 0. The lowest BCUT2D eigenvalue weighted by molar-refractivity contribution is 0.0734. The molecule has 0 unspecified atom stereocenters. The highest BCUT2D eigenvalue weighted by Crippen LogP contribution is 2.25. The molecule has 0 radical (unpaired) electrons. The SMILES string of the molecule is CCCCCCCCCCCCCCCCOc1ccc(C(=O)Oc2ccc(-c3ccc(O)cc3)cc2)cc1. The minimum atomic E-state index is -0.397. The van der Waals surface area contributed by atoms with Crippen LogP contribution in [0.3, 0.4) is 0 Å². The van der Waals surface area contributed by atoms with Crippen LogP contribution < -0.4 is 9.47 Å². The lowest BCUT2D eigenvalue weighted by Gasteiger charge is -2.08. The number of phenols is 1. The molecule has 210 valence electrons. The molecule has 39 heavy (non-hydrogen) atoms. The second-order valence-corrected chi connectivity index (χ2v) is 10.4. The molecule has 4 nitrogen and oxygen atoms in total. The first-order chi connectivity index (χ1) is 19.2. The van der Waals surface area contributed by atoms with Gasteiger partial charge in [0.15, 0.2) is 0 Å². The lowest BCUT2D eigenvalue weighted by atomic mass is 10.0. The molecule has 3 aromatic rings. The summed E-state index contributed by atoms with van der Waals surface area (Å²) in [6, 6.07) is 21.5. The quantitative estimate of drug-likeness (QED) is 0.0951. The fourth-order valence-corrected chi connectivity index (χ4v) is 4.71. The zero-order valence-corrected chi connectivity index (χ0v) is 23.7. The highest BCUT2D eigenvalue weighted by Gasteiger charge is 2.09. The second-order valence-electron chi connectivity index (χ2n) is 10.4. The van der Waals surface area contributed by atoms with E-state index in [9.17, 15) is 9.90 Å². The molecule has 0 amide bonds. The van der Waals surface area contributed by atoms with Crippen molar-refractivity contribution in [1.82, 2.24) is 0 Å². The summed E-state index contributed by atoms with van der Waals surface area (Å²) in [5, 5.41) is 9.44. The van der Waals surface area contributed by atoms with Gasteiger partial charge in [-0.2, -0.15) is 0 Å². The zero-order valence-electron chi connectivity index (χ0n) is 23.7. The third-order valence-electron chi connectivity index (χ3n) is 7.12. The first-order valence-corrected chi connectivity index (χ1v) is 15.0. The summed E-state index contributed by atoms with van der Waals surface area (Å²) in [5.41, 5.74) is 2.45.